The summed E-state index contributed by atoms with van der Waals surface area (Å²) in [6, 6.07) is 7.81. The van der Waals surface area contributed by atoms with Gasteiger partial charge in [0.1, 0.15) is 6.54 Å². The molecule has 28 heavy (non-hydrogen) atoms. The molecule has 3 rings (SSSR count). The number of Topliss-reactive ketones (excluding diaryl/α,β-unsaturated/α-hetero) is 1. The van der Waals surface area contributed by atoms with Crippen LogP contribution in [-0.4, -0.2) is 37.2 Å². The van der Waals surface area contributed by atoms with Gasteiger partial charge in [-0.15, -0.1) is 10.2 Å². The summed E-state index contributed by atoms with van der Waals surface area (Å²) in [4.78, 5) is 48.3. The number of carbonyl (C=O) groups excluding carboxylic acids is 2. The number of thioether (sulfide) groups is 1. The lowest BCUT2D eigenvalue weighted by Gasteiger charge is -2.04. The summed E-state index contributed by atoms with van der Waals surface area (Å²) >= 11 is 1.06. The number of hydrogen-bond acceptors (Lipinski definition) is 8. The number of nitrogens with zero attached hydrogens (tertiary/aromatic N) is 3. The van der Waals surface area contributed by atoms with Crippen LogP contribution in [0, 0.1) is 0 Å². The van der Waals surface area contributed by atoms with Crippen LogP contribution in [0.15, 0.2) is 55.8 Å². The molecule has 0 fully saturated rings. The van der Waals surface area contributed by atoms with Crippen LogP contribution in [0.3, 0.4) is 0 Å². The lowest BCUT2D eigenvalue weighted by atomic mass is 10.1. The zero-order valence-corrected chi connectivity index (χ0v) is 15.5. The van der Waals surface area contributed by atoms with Crippen molar-refractivity contribution in [2.45, 2.75) is 18.7 Å². The second-order valence-corrected chi connectivity index (χ2v) is 6.60. The molecule has 2 heterocycles. The van der Waals surface area contributed by atoms with Crippen LogP contribution in [0.25, 0.3) is 0 Å². The van der Waals surface area contributed by atoms with Gasteiger partial charge in [0.15, 0.2) is 5.78 Å². The maximum absolute atomic E-state index is 12.3. The molecule has 0 bridgehead atoms. The fraction of sp³-hybridized carbons (Fsp3) is 0.176. The molecule has 0 saturated carbocycles. The molecule has 1 aromatic carbocycles. The van der Waals surface area contributed by atoms with E-state index in [1.807, 2.05) is 0 Å². The molecule has 0 saturated heterocycles. The van der Waals surface area contributed by atoms with E-state index in [1.165, 1.54) is 23.8 Å². The maximum Gasteiger partial charge on any atom is 0.328 e. The highest BCUT2D eigenvalue weighted by Crippen LogP contribution is 2.19. The van der Waals surface area contributed by atoms with Crippen molar-refractivity contribution in [2.24, 2.45) is 0 Å². The van der Waals surface area contributed by atoms with E-state index in [1.54, 1.807) is 24.3 Å². The zero-order valence-electron chi connectivity index (χ0n) is 14.7. The average molecular weight is 401 g/mol. The summed E-state index contributed by atoms with van der Waals surface area (Å²) in [7, 11) is 0. The molecule has 144 valence electrons. The van der Waals surface area contributed by atoms with Gasteiger partial charge in [0.2, 0.25) is 11.8 Å². The summed E-state index contributed by atoms with van der Waals surface area (Å²) < 4.78 is 6.63. The van der Waals surface area contributed by atoms with Gasteiger partial charge in [-0.2, -0.15) is 0 Å². The van der Waals surface area contributed by atoms with E-state index in [-0.39, 0.29) is 35.1 Å². The highest BCUT2D eigenvalue weighted by atomic mass is 32.2. The van der Waals surface area contributed by atoms with Crippen LogP contribution in [0.5, 0.6) is 0 Å². The van der Waals surface area contributed by atoms with Crippen molar-refractivity contribution < 1.29 is 14.0 Å². The van der Waals surface area contributed by atoms with E-state index in [0.29, 0.717) is 11.3 Å². The number of ketones is 1. The third-order valence-electron chi connectivity index (χ3n) is 3.48. The third kappa shape index (κ3) is 5.04. The molecule has 0 aliphatic heterocycles. The molecule has 11 heteroatoms. The van der Waals surface area contributed by atoms with E-state index in [0.717, 1.165) is 11.8 Å². The number of amides is 1. The summed E-state index contributed by atoms with van der Waals surface area (Å²) in [5.41, 5.74) is -0.105. The Hall–Kier alpha value is -3.47. The number of rotatable bonds is 7. The minimum atomic E-state index is -0.589. The molecular formula is C17H15N5O5S. The third-order valence-corrected chi connectivity index (χ3v) is 4.30. The topological polar surface area (TPSA) is 140 Å². The molecule has 0 radical (unpaired) electrons. The number of hydrogen-bond donors (Lipinski definition) is 2. The van der Waals surface area contributed by atoms with E-state index in [4.69, 9.17) is 4.42 Å². The Kier molecular flexibility index (Phi) is 5.84. The van der Waals surface area contributed by atoms with Crippen molar-refractivity contribution in [1.82, 2.24) is 19.7 Å². The maximum atomic E-state index is 12.3. The molecular weight excluding hydrogens is 386 g/mol. The monoisotopic (exact) mass is 401 g/mol. The van der Waals surface area contributed by atoms with E-state index in [2.05, 4.69) is 20.5 Å². The average Bonchev–Trinajstić information content (AvgIpc) is 3.09. The van der Waals surface area contributed by atoms with E-state index < -0.39 is 11.2 Å². The lowest BCUT2D eigenvalue weighted by molar-refractivity contribution is -0.114. The van der Waals surface area contributed by atoms with E-state index in [9.17, 15) is 19.2 Å². The van der Waals surface area contributed by atoms with Gasteiger partial charge < -0.3 is 9.73 Å². The van der Waals surface area contributed by atoms with Gasteiger partial charge >= 0.3 is 5.69 Å². The van der Waals surface area contributed by atoms with Crippen molar-refractivity contribution >= 4 is 29.1 Å². The summed E-state index contributed by atoms with van der Waals surface area (Å²) in [6.07, 6.45) is 1.32. The van der Waals surface area contributed by atoms with Crippen molar-refractivity contribution in [3.63, 3.8) is 0 Å². The van der Waals surface area contributed by atoms with Gasteiger partial charge in [-0.1, -0.05) is 23.9 Å². The first-order chi connectivity index (χ1) is 13.4. The molecule has 1 amide bonds. The van der Waals surface area contributed by atoms with Gasteiger partial charge in [0, 0.05) is 30.4 Å². The molecule has 0 atom stereocenters. The number of benzene rings is 1. The smallest absolute Gasteiger partial charge is 0.328 e. The summed E-state index contributed by atoms with van der Waals surface area (Å²) in [5, 5.41) is 10.5. The quantitative estimate of drug-likeness (QED) is 0.440. The summed E-state index contributed by atoms with van der Waals surface area (Å²) in [5.74, 6) is -0.173. The molecule has 2 aromatic heterocycles. The number of aromatic amines is 1. The predicted molar refractivity (Wildman–Crippen MR) is 101 cm³/mol. The van der Waals surface area contributed by atoms with Gasteiger partial charge in [0.25, 0.3) is 10.8 Å². The predicted octanol–water partition coefficient (Wildman–Crippen LogP) is 0.901. The zero-order chi connectivity index (χ0) is 20.1. The first kappa shape index (κ1) is 19.3. The lowest BCUT2D eigenvalue weighted by Crippen LogP contribution is -2.28. The van der Waals surface area contributed by atoms with E-state index >= 15 is 0 Å². The number of aromatic nitrogens is 4. The molecule has 2 N–H and O–H groups in total. The second-order valence-electron chi connectivity index (χ2n) is 5.67. The van der Waals surface area contributed by atoms with Crippen LogP contribution in [0.4, 0.5) is 5.69 Å². The fourth-order valence-corrected chi connectivity index (χ4v) is 2.93. The Balaban J connectivity index is 1.61. The Morgan fingerprint density at radius 1 is 1.25 bits per heavy atom. The normalized spacial score (nSPS) is 10.6. The van der Waals surface area contributed by atoms with Crippen molar-refractivity contribution in [3.05, 3.63) is 68.8 Å². The number of carbonyl (C=O) groups is 2. The molecule has 0 aliphatic carbocycles. The van der Waals surface area contributed by atoms with Gasteiger partial charge in [-0.05, 0) is 12.1 Å². The van der Waals surface area contributed by atoms with Crippen molar-refractivity contribution in [1.29, 1.82) is 0 Å². The second kappa shape index (κ2) is 8.48. The van der Waals surface area contributed by atoms with Crippen molar-refractivity contribution in [2.75, 3.05) is 11.1 Å². The Morgan fingerprint density at radius 3 is 2.82 bits per heavy atom. The highest BCUT2D eigenvalue weighted by Gasteiger charge is 2.13. The van der Waals surface area contributed by atoms with Crippen LogP contribution < -0.4 is 16.6 Å². The van der Waals surface area contributed by atoms with Crippen molar-refractivity contribution in [3.8, 4) is 0 Å². The Morgan fingerprint density at radius 2 is 2.07 bits per heavy atom. The minimum absolute atomic E-state index is 0.00409. The minimum Gasteiger partial charge on any atom is -0.414 e. The largest absolute Gasteiger partial charge is 0.414 e. The van der Waals surface area contributed by atoms with Crippen LogP contribution in [-0.2, 0) is 11.3 Å². The molecule has 0 aliphatic rings. The van der Waals surface area contributed by atoms with Gasteiger partial charge in [-0.3, -0.25) is 23.9 Å². The Bertz CT molecular complexity index is 1130. The standard InChI is InChI=1S/C17H15N5O5S/c1-10(23)18-12-4-2-3-11(7-12)13(24)9-28-17-21-20-15(27-17)8-22-6-5-14(25)19-16(22)26/h2-7H,8-9H2,1H3,(H,18,23)(H,19,25,26). The number of H-pyrrole nitrogens is 1. The van der Waals surface area contributed by atoms with Crippen LogP contribution in [0.2, 0.25) is 0 Å². The highest BCUT2D eigenvalue weighted by molar-refractivity contribution is 7.99. The molecule has 0 spiro atoms. The van der Waals surface area contributed by atoms with Gasteiger partial charge in [-0.25, -0.2) is 4.79 Å². The SMILES string of the molecule is CC(=O)Nc1cccc(C(=O)CSc2nnc(Cn3ccc(=O)[nH]c3=O)o2)c1. The summed E-state index contributed by atoms with van der Waals surface area (Å²) in [6.45, 7) is 1.38. The first-order valence-corrected chi connectivity index (χ1v) is 9.05. The molecule has 0 unspecified atom stereocenters. The van der Waals surface area contributed by atoms with Crippen LogP contribution >= 0.6 is 11.8 Å². The van der Waals surface area contributed by atoms with Crippen LogP contribution in [0.1, 0.15) is 23.2 Å². The fourth-order valence-electron chi connectivity index (χ4n) is 2.26. The Labute approximate surface area is 162 Å². The number of nitrogens with one attached hydrogen (secondary N) is 2. The molecule has 10 nitrogen and oxygen atoms in total. The number of anilines is 1. The molecule has 3 aromatic rings. The first-order valence-electron chi connectivity index (χ1n) is 8.06. The van der Waals surface area contributed by atoms with Gasteiger partial charge in [0.05, 0.1) is 5.75 Å².